The van der Waals surface area contributed by atoms with Crippen LogP contribution in [0.3, 0.4) is 0 Å². The highest BCUT2D eigenvalue weighted by Gasteiger charge is 2.38. The second kappa shape index (κ2) is 10.1. The van der Waals surface area contributed by atoms with E-state index >= 15 is 0 Å². The van der Waals surface area contributed by atoms with Crippen molar-refractivity contribution in [2.24, 2.45) is 5.92 Å². The smallest absolute Gasteiger partial charge is 0.159 e. The van der Waals surface area contributed by atoms with Gasteiger partial charge in [0.25, 0.3) is 0 Å². The predicted octanol–water partition coefficient (Wildman–Crippen LogP) is 5.37. The fourth-order valence-corrected chi connectivity index (χ4v) is 5.37. The van der Waals surface area contributed by atoms with Gasteiger partial charge in [-0.05, 0) is 61.6 Å². The van der Waals surface area contributed by atoms with Crippen molar-refractivity contribution >= 4 is 28.2 Å². The van der Waals surface area contributed by atoms with Gasteiger partial charge in [-0.1, -0.05) is 18.9 Å². The first-order chi connectivity index (χ1) is 17.0. The summed E-state index contributed by atoms with van der Waals surface area (Å²) in [5.74, 6) is 1.85. The largest absolute Gasteiger partial charge is 0.496 e. The van der Waals surface area contributed by atoms with Crippen LogP contribution in [-0.2, 0) is 11.2 Å². The summed E-state index contributed by atoms with van der Waals surface area (Å²) in [7, 11) is 1.59. The molecule has 1 saturated heterocycles. The molecule has 5 rings (SSSR count). The number of hydrogen-bond acceptors (Lipinski definition) is 6. The third-order valence-electron chi connectivity index (χ3n) is 7.27. The number of rotatable bonds is 8. The van der Waals surface area contributed by atoms with Gasteiger partial charge in [0, 0.05) is 48.3 Å². The summed E-state index contributed by atoms with van der Waals surface area (Å²) in [5, 5.41) is 4.02. The summed E-state index contributed by atoms with van der Waals surface area (Å²) in [4.78, 5) is 24.0. The van der Waals surface area contributed by atoms with Gasteiger partial charge < -0.3 is 10.1 Å². The molecule has 2 fully saturated rings. The molecule has 7 heteroatoms. The molecule has 182 valence electrons. The Balaban J connectivity index is 1.31. The molecule has 2 unspecified atom stereocenters. The van der Waals surface area contributed by atoms with Gasteiger partial charge in [0.1, 0.15) is 23.7 Å². The summed E-state index contributed by atoms with van der Waals surface area (Å²) in [5.41, 5.74) is 2.75. The van der Waals surface area contributed by atoms with Crippen LogP contribution in [0.4, 0.5) is 15.9 Å². The fourth-order valence-electron chi connectivity index (χ4n) is 5.37. The molecule has 1 N–H and O–H groups in total. The lowest BCUT2D eigenvalue weighted by molar-refractivity contribution is -0.114. The van der Waals surface area contributed by atoms with E-state index in [1.165, 1.54) is 38.1 Å². The number of fused-ring (bicyclic) bond motifs is 2. The number of carbonyl (C=O) groups is 1. The number of hydrogen-bond donors (Lipinski definition) is 1. The first kappa shape index (κ1) is 23.4. The Bertz CT molecular complexity index is 1280. The van der Waals surface area contributed by atoms with E-state index in [1.54, 1.807) is 32.2 Å². The highest BCUT2D eigenvalue weighted by molar-refractivity contribution is 5.96. The number of nitrogens with zero attached hydrogens (tertiary/aromatic N) is 3. The van der Waals surface area contributed by atoms with Gasteiger partial charge in [-0.15, -0.1) is 0 Å². The monoisotopic (exact) mass is 474 g/mol. The minimum absolute atomic E-state index is 0.0314. The zero-order chi connectivity index (χ0) is 24.4. The van der Waals surface area contributed by atoms with Crippen LogP contribution in [-0.4, -0.2) is 46.9 Å². The lowest BCUT2D eigenvalue weighted by atomic mass is 9.77. The van der Waals surface area contributed by atoms with Crippen LogP contribution >= 0.6 is 0 Å². The van der Waals surface area contributed by atoms with Crippen molar-refractivity contribution in [3.8, 4) is 5.75 Å². The molecular formula is C28H31FN4O2. The number of ketones is 1. The van der Waals surface area contributed by atoms with Gasteiger partial charge in [-0.2, -0.15) is 0 Å². The Morgan fingerprint density at radius 2 is 2.09 bits per heavy atom. The number of allylic oxidation sites excluding steroid dienone is 1. The Morgan fingerprint density at radius 3 is 2.89 bits per heavy atom. The molecule has 1 saturated carbocycles. The van der Waals surface area contributed by atoms with Crippen molar-refractivity contribution in [3.05, 3.63) is 65.8 Å². The van der Waals surface area contributed by atoms with E-state index in [9.17, 15) is 9.18 Å². The summed E-state index contributed by atoms with van der Waals surface area (Å²) in [6.45, 7) is 3.71. The van der Waals surface area contributed by atoms with Gasteiger partial charge >= 0.3 is 0 Å². The molecular weight excluding hydrogens is 443 g/mol. The van der Waals surface area contributed by atoms with E-state index in [-0.39, 0.29) is 18.0 Å². The zero-order valence-corrected chi connectivity index (χ0v) is 20.3. The van der Waals surface area contributed by atoms with E-state index in [1.807, 2.05) is 18.2 Å². The molecule has 0 amide bonds. The van der Waals surface area contributed by atoms with Crippen LogP contribution in [0.2, 0.25) is 0 Å². The lowest BCUT2D eigenvalue weighted by Crippen LogP contribution is -2.57. The predicted molar refractivity (Wildman–Crippen MR) is 136 cm³/mol. The third kappa shape index (κ3) is 5.05. The van der Waals surface area contributed by atoms with Crippen molar-refractivity contribution in [2.75, 3.05) is 25.5 Å². The van der Waals surface area contributed by atoms with Crippen molar-refractivity contribution in [1.29, 1.82) is 0 Å². The molecule has 2 heterocycles. The number of anilines is 2. The van der Waals surface area contributed by atoms with Crippen LogP contribution in [0.25, 0.3) is 10.9 Å². The molecule has 2 aliphatic rings. The molecule has 0 radical (unpaired) electrons. The van der Waals surface area contributed by atoms with Crippen LogP contribution in [0.5, 0.6) is 5.75 Å². The van der Waals surface area contributed by atoms with Crippen molar-refractivity contribution in [1.82, 2.24) is 14.9 Å². The van der Waals surface area contributed by atoms with Crippen LogP contribution in [0, 0.1) is 18.7 Å². The summed E-state index contributed by atoms with van der Waals surface area (Å²) in [6, 6.07) is 9.27. The van der Waals surface area contributed by atoms with Crippen molar-refractivity contribution in [2.45, 2.75) is 45.1 Å². The Hall–Kier alpha value is -3.32. The molecule has 35 heavy (non-hydrogen) atoms. The maximum atomic E-state index is 13.7. The van der Waals surface area contributed by atoms with E-state index in [0.717, 1.165) is 35.6 Å². The topological polar surface area (TPSA) is 67.4 Å². The second-order valence-corrected chi connectivity index (χ2v) is 9.60. The maximum absolute atomic E-state index is 13.7. The second-order valence-electron chi connectivity index (χ2n) is 9.60. The molecule has 1 aromatic heterocycles. The molecule has 6 nitrogen and oxygen atoms in total. The van der Waals surface area contributed by atoms with E-state index in [0.29, 0.717) is 28.7 Å². The Labute approximate surface area is 205 Å². The number of aromatic nitrogens is 2. The number of likely N-dealkylation sites (tertiary alicyclic amines) is 1. The quantitative estimate of drug-likeness (QED) is 0.443. The van der Waals surface area contributed by atoms with Crippen molar-refractivity contribution in [3.63, 3.8) is 0 Å². The summed E-state index contributed by atoms with van der Waals surface area (Å²) in [6.07, 6.45) is 10.7. The molecule has 0 bridgehead atoms. The minimum Gasteiger partial charge on any atom is -0.496 e. The first-order valence-electron chi connectivity index (χ1n) is 12.3. The number of methoxy groups -OCH3 is 1. The van der Waals surface area contributed by atoms with E-state index in [4.69, 9.17) is 4.74 Å². The average molecular weight is 475 g/mol. The molecule has 3 aromatic rings. The third-order valence-corrected chi connectivity index (χ3v) is 7.27. The van der Waals surface area contributed by atoms with Gasteiger partial charge in [0.2, 0.25) is 0 Å². The lowest BCUT2D eigenvalue weighted by Gasteiger charge is -2.50. The van der Waals surface area contributed by atoms with Gasteiger partial charge in [0.15, 0.2) is 5.78 Å². The van der Waals surface area contributed by atoms with E-state index in [2.05, 4.69) is 20.2 Å². The van der Waals surface area contributed by atoms with Crippen LogP contribution in [0.15, 0.2) is 48.8 Å². The molecule has 1 aliphatic heterocycles. The van der Waals surface area contributed by atoms with Crippen LogP contribution < -0.4 is 10.1 Å². The standard InChI is InChI=1S/C28H31FN4O2/c1-18-12-21(9-10-24(18)29)32-28-23-14-20(27(35-2)15-25(23)30-17-31-28)13-22(34)7-5-11-33-16-19-6-3-4-8-26(19)33/h5,7,9-10,12,14-15,17,19,26H,3-4,6,8,11,13,16H2,1-2H3,(H,30,31,32)/b7-5+. The number of benzene rings is 2. The summed E-state index contributed by atoms with van der Waals surface area (Å²) < 4.78 is 19.2. The SMILES string of the molecule is COc1cc2ncnc(Nc3ccc(F)c(C)c3)c2cc1CC(=O)/C=C/CN1CC2CCCCC21. The molecule has 0 spiro atoms. The molecule has 2 aromatic carbocycles. The number of ether oxygens (including phenoxy) is 1. The maximum Gasteiger partial charge on any atom is 0.159 e. The van der Waals surface area contributed by atoms with E-state index < -0.39 is 0 Å². The Morgan fingerprint density at radius 1 is 1.23 bits per heavy atom. The fraction of sp³-hybridized carbons (Fsp3) is 0.393. The highest BCUT2D eigenvalue weighted by atomic mass is 19.1. The Kier molecular flexibility index (Phi) is 6.77. The number of aryl methyl sites for hydroxylation is 1. The van der Waals surface area contributed by atoms with Gasteiger partial charge in [0.05, 0.1) is 12.6 Å². The van der Waals surface area contributed by atoms with Gasteiger partial charge in [-0.3, -0.25) is 9.69 Å². The minimum atomic E-state index is -0.255. The number of nitrogens with one attached hydrogen (secondary N) is 1. The normalized spacial score (nSPS) is 20.0. The number of carbonyl (C=O) groups excluding carboxylic acids is 1. The highest BCUT2D eigenvalue weighted by Crippen LogP contribution is 2.37. The summed E-state index contributed by atoms with van der Waals surface area (Å²) >= 11 is 0. The first-order valence-corrected chi connectivity index (χ1v) is 12.3. The van der Waals surface area contributed by atoms with Gasteiger partial charge in [-0.25, -0.2) is 14.4 Å². The van der Waals surface area contributed by atoms with Crippen LogP contribution in [0.1, 0.15) is 36.8 Å². The molecule has 2 atom stereocenters. The molecule has 1 aliphatic carbocycles. The zero-order valence-electron chi connectivity index (χ0n) is 20.3. The number of halogens is 1. The van der Waals surface area contributed by atoms with Crippen molar-refractivity contribution < 1.29 is 13.9 Å². The average Bonchev–Trinajstić information content (AvgIpc) is 2.84.